The molecular weight excluding hydrogens is 300 g/mol. The van der Waals surface area contributed by atoms with E-state index in [0.717, 1.165) is 22.1 Å². The number of carbonyl (C=O) groups excluding carboxylic acids is 2. The number of carbonyl (C=O) groups is 2. The fraction of sp³-hybridized carbons (Fsp3) is 0.100. The van der Waals surface area contributed by atoms with Crippen molar-refractivity contribution in [2.45, 2.75) is 6.92 Å². The van der Waals surface area contributed by atoms with Gasteiger partial charge in [0.15, 0.2) is 5.78 Å². The summed E-state index contributed by atoms with van der Waals surface area (Å²) in [6, 6.07) is 18.4. The molecule has 0 spiro atoms. The van der Waals surface area contributed by atoms with Gasteiger partial charge in [0.1, 0.15) is 0 Å². The number of hydrogen-bond acceptors (Lipinski definition) is 3. The number of amides is 1. The molecule has 0 fully saturated rings. The maximum absolute atomic E-state index is 12.5. The zero-order chi connectivity index (χ0) is 17.1. The highest BCUT2D eigenvalue weighted by Crippen LogP contribution is 2.29. The van der Waals surface area contributed by atoms with Crippen LogP contribution < -0.4 is 10.6 Å². The van der Waals surface area contributed by atoms with Crippen molar-refractivity contribution in [2.24, 2.45) is 0 Å². The highest BCUT2D eigenvalue weighted by atomic mass is 16.1. The first-order valence-corrected chi connectivity index (χ1v) is 7.72. The smallest absolute Gasteiger partial charge is 0.255 e. The Morgan fingerprint density at radius 2 is 1.38 bits per heavy atom. The predicted octanol–water partition coefficient (Wildman–Crippen LogP) is 4.34. The molecule has 4 nitrogen and oxygen atoms in total. The highest BCUT2D eigenvalue weighted by molar-refractivity contribution is 6.11. The van der Waals surface area contributed by atoms with Crippen molar-refractivity contribution >= 4 is 33.8 Å². The number of benzene rings is 3. The summed E-state index contributed by atoms with van der Waals surface area (Å²) in [5.41, 5.74) is 2.73. The molecule has 3 rings (SSSR count). The first kappa shape index (κ1) is 15.7. The summed E-state index contributed by atoms with van der Waals surface area (Å²) in [5.74, 6) is -0.297. The van der Waals surface area contributed by atoms with Crippen LogP contribution >= 0.6 is 0 Å². The third-order valence-electron chi connectivity index (χ3n) is 3.97. The normalized spacial score (nSPS) is 10.4. The Bertz CT molecular complexity index is 932. The SMILES string of the molecule is CNc1cccc2c(NC(=O)c3cccc(C(C)=O)c3)cccc12. The van der Waals surface area contributed by atoms with Crippen LogP contribution in [0.25, 0.3) is 10.8 Å². The molecule has 0 saturated heterocycles. The van der Waals surface area contributed by atoms with Crippen LogP contribution in [0.1, 0.15) is 27.6 Å². The molecule has 0 bridgehead atoms. The van der Waals surface area contributed by atoms with E-state index in [1.165, 1.54) is 6.92 Å². The number of anilines is 2. The van der Waals surface area contributed by atoms with Gasteiger partial charge in [-0.2, -0.15) is 0 Å². The van der Waals surface area contributed by atoms with Gasteiger partial charge in [0.2, 0.25) is 0 Å². The van der Waals surface area contributed by atoms with E-state index in [-0.39, 0.29) is 11.7 Å². The van der Waals surface area contributed by atoms with E-state index in [9.17, 15) is 9.59 Å². The molecule has 120 valence electrons. The molecule has 0 aromatic heterocycles. The molecule has 0 aliphatic carbocycles. The van der Waals surface area contributed by atoms with Gasteiger partial charge in [-0.25, -0.2) is 0 Å². The standard InChI is InChI=1S/C20H18N2O2/c1-13(23)14-6-3-7-15(12-14)20(24)22-19-11-5-8-16-17(19)9-4-10-18(16)21-2/h3-12,21H,1-2H3,(H,22,24). The summed E-state index contributed by atoms with van der Waals surface area (Å²) in [4.78, 5) is 24.0. The third kappa shape index (κ3) is 2.99. The Morgan fingerprint density at radius 3 is 2.04 bits per heavy atom. The quantitative estimate of drug-likeness (QED) is 0.704. The van der Waals surface area contributed by atoms with Gasteiger partial charge >= 0.3 is 0 Å². The first-order chi connectivity index (χ1) is 11.6. The van der Waals surface area contributed by atoms with Crippen molar-refractivity contribution in [1.29, 1.82) is 0 Å². The maximum Gasteiger partial charge on any atom is 0.255 e. The number of ketones is 1. The van der Waals surface area contributed by atoms with Crippen molar-refractivity contribution in [3.8, 4) is 0 Å². The van der Waals surface area contributed by atoms with Crippen molar-refractivity contribution in [3.63, 3.8) is 0 Å². The molecule has 0 radical (unpaired) electrons. The monoisotopic (exact) mass is 318 g/mol. The number of rotatable bonds is 4. The largest absolute Gasteiger partial charge is 0.388 e. The molecule has 1 amide bonds. The molecule has 24 heavy (non-hydrogen) atoms. The van der Waals surface area contributed by atoms with Gasteiger partial charge in [-0.05, 0) is 31.2 Å². The molecule has 2 N–H and O–H groups in total. The van der Waals surface area contributed by atoms with Gasteiger partial charge < -0.3 is 10.6 Å². The average molecular weight is 318 g/mol. The number of Topliss-reactive ketones (excluding diaryl/α,β-unsaturated/α-hetero) is 1. The topological polar surface area (TPSA) is 58.2 Å². The van der Waals surface area contributed by atoms with Crippen LogP contribution in [0.3, 0.4) is 0 Å². The molecule has 0 aliphatic rings. The lowest BCUT2D eigenvalue weighted by atomic mass is 10.1. The fourth-order valence-corrected chi connectivity index (χ4v) is 2.71. The van der Waals surface area contributed by atoms with Crippen molar-refractivity contribution in [2.75, 3.05) is 17.7 Å². The Labute approximate surface area is 140 Å². The summed E-state index contributed by atoms with van der Waals surface area (Å²) >= 11 is 0. The van der Waals surface area contributed by atoms with Crippen LogP contribution in [-0.2, 0) is 0 Å². The lowest BCUT2D eigenvalue weighted by Crippen LogP contribution is -2.13. The Hall–Kier alpha value is -3.14. The van der Waals surface area contributed by atoms with Gasteiger partial charge in [-0.15, -0.1) is 0 Å². The van der Waals surface area contributed by atoms with E-state index < -0.39 is 0 Å². The second-order valence-corrected chi connectivity index (χ2v) is 5.55. The zero-order valence-electron chi connectivity index (χ0n) is 13.6. The summed E-state index contributed by atoms with van der Waals surface area (Å²) < 4.78 is 0. The summed E-state index contributed by atoms with van der Waals surface area (Å²) in [5, 5.41) is 8.09. The van der Waals surface area contributed by atoms with Gasteiger partial charge in [-0.3, -0.25) is 9.59 Å². The van der Waals surface area contributed by atoms with E-state index in [0.29, 0.717) is 11.1 Å². The van der Waals surface area contributed by atoms with Crippen LogP contribution in [0.5, 0.6) is 0 Å². The molecule has 0 atom stereocenters. The van der Waals surface area contributed by atoms with E-state index in [4.69, 9.17) is 0 Å². The van der Waals surface area contributed by atoms with Crippen LogP contribution in [0.2, 0.25) is 0 Å². The minimum Gasteiger partial charge on any atom is -0.388 e. The molecule has 3 aromatic rings. The highest BCUT2D eigenvalue weighted by Gasteiger charge is 2.11. The second kappa shape index (κ2) is 6.54. The molecule has 0 aliphatic heterocycles. The van der Waals surface area contributed by atoms with Crippen LogP contribution in [-0.4, -0.2) is 18.7 Å². The van der Waals surface area contributed by atoms with Crippen LogP contribution in [0, 0.1) is 0 Å². The van der Waals surface area contributed by atoms with Gasteiger partial charge in [-0.1, -0.05) is 36.4 Å². The number of hydrogen-bond donors (Lipinski definition) is 2. The molecular formula is C20H18N2O2. The lowest BCUT2D eigenvalue weighted by molar-refractivity contribution is 0.101. The van der Waals surface area contributed by atoms with Gasteiger partial charge in [0, 0.05) is 40.3 Å². The van der Waals surface area contributed by atoms with Crippen LogP contribution in [0.15, 0.2) is 60.7 Å². The molecule has 3 aromatic carbocycles. The Kier molecular flexibility index (Phi) is 4.29. The minimum absolute atomic E-state index is 0.0616. The van der Waals surface area contributed by atoms with Gasteiger partial charge in [0.05, 0.1) is 0 Å². The fourth-order valence-electron chi connectivity index (χ4n) is 2.71. The maximum atomic E-state index is 12.5. The molecule has 0 saturated carbocycles. The van der Waals surface area contributed by atoms with E-state index >= 15 is 0 Å². The van der Waals surface area contributed by atoms with E-state index in [2.05, 4.69) is 10.6 Å². The predicted molar refractivity (Wildman–Crippen MR) is 97.9 cm³/mol. The number of nitrogens with one attached hydrogen (secondary N) is 2. The summed E-state index contributed by atoms with van der Waals surface area (Å²) in [7, 11) is 1.87. The van der Waals surface area contributed by atoms with E-state index in [1.54, 1.807) is 24.3 Å². The Morgan fingerprint density at radius 1 is 0.792 bits per heavy atom. The van der Waals surface area contributed by atoms with Crippen LogP contribution in [0.4, 0.5) is 11.4 Å². The van der Waals surface area contributed by atoms with Crippen molar-refractivity contribution < 1.29 is 9.59 Å². The molecule has 0 heterocycles. The number of fused-ring (bicyclic) bond motifs is 1. The lowest BCUT2D eigenvalue weighted by Gasteiger charge is -2.12. The first-order valence-electron chi connectivity index (χ1n) is 7.72. The molecule has 4 heteroatoms. The summed E-state index contributed by atoms with van der Waals surface area (Å²) in [6.07, 6.45) is 0. The summed E-state index contributed by atoms with van der Waals surface area (Å²) in [6.45, 7) is 1.49. The van der Waals surface area contributed by atoms with Crippen molar-refractivity contribution in [3.05, 3.63) is 71.8 Å². The van der Waals surface area contributed by atoms with E-state index in [1.807, 2.05) is 43.4 Å². The average Bonchev–Trinajstić information content (AvgIpc) is 2.61. The third-order valence-corrected chi connectivity index (χ3v) is 3.97. The minimum atomic E-state index is -0.236. The zero-order valence-corrected chi connectivity index (χ0v) is 13.6. The molecule has 0 unspecified atom stereocenters. The van der Waals surface area contributed by atoms with Gasteiger partial charge in [0.25, 0.3) is 5.91 Å². The Balaban J connectivity index is 1.97. The van der Waals surface area contributed by atoms with Crippen molar-refractivity contribution in [1.82, 2.24) is 0 Å². The second-order valence-electron chi connectivity index (χ2n) is 5.55.